The molecule has 1 N–H and O–H groups in total. The Hall–Kier alpha value is -3.36. The summed E-state index contributed by atoms with van der Waals surface area (Å²) in [6, 6.07) is 9.45. The minimum atomic E-state index is -2.85. The van der Waals surface area contributed by atoms with Crippen LogP contribution in [-0.4, -0.2) is 39.6 Å². The van der Waals surface area contributed by atoms with Gasteiger partial charge in [0.15, 0.2) is 11.5 Å². The number of aryl methyl sites for hydroxylation is 1. The molecule has 7 nitrogen and oxygen atoms in total. The Kier molecular flexibility index (Phi) is 8.40. The molecule has 2 aromatic carbocycles. The zero-order valence-corrected chi connectivity index (χ0v) is 17.2. The van der Waals surface area contributed by atoms with Gasteiger partial charge in [0.25, 0.3) is 5.91 Å². The van der Waals surface area contributed by atoms with Crippen molar-refractivity contribution in [2.24, 2.45) is 5.10 Å². The number of methoxy groups -OCH3 is 3. The predicted molar refractivity (Wildman–Crippen MR) is 108 cm³/mol. The number of benzene rings is 2. The van der Waals surface area contributed by atoms with Gasteiger partial charge < -0.3 is 18.9 Å². The minimum absolute atomic E-state index is 0.108. The third-order valence-corrected chi connectivity index (χ3v) is 4.20. The highest BCUT2D eigenvalue weighted by Gasteiger charge is 2.16. The molecule has 0 saturated heterocycles. The maximum atomic E-state index is 12.4. The SMILES string of the molecule is COc1cc(C(=O)N/N=C(/C)CCc2ccc(OC(F)F)cc2)cc(OC)c1OC. The summed E-state index contributed by atoms with van der Waals surface area (Å²) in [4.78, 5) is 12.4. The van der Waals surface area contributed by atoms with E-state index in [1.165, 1.54) is 45.6 Å². The normalized spacial score (nSPS) is 11.2. The van der Waals surface area contributed by atoms with Gasteiger partial charge in [-0.05, 0) is 49.6 Å². The summed E-state index contributed by atoms with van der Waals surface area (Å²) in [7, 11) is 4.41. The fourth-order valence-electron chi connectivity index (χ4n) is 2.64. The van der Waals surface area contributed by atoms with E-state index in [4.69, 9.17) is 14.2 Å². The summed E-state index contributed by atoms with van der Waals surface area (Å²) in [5, 5.41) is 4.11. The van der Waals surface area contributed by atoms with Crippen LogP contribution in [0.3, 0.4) is 0 Å². The zero-order chi connectivity index (χ0) is 22.1. The van der Waals surface area contributed by atoms with Crippen LogP contribution in [-0.2, 0) is 6.42 Å². The molecular weight excluding hydrogens is 398 g/mol. The molecule has 0 saturated carbocycles. The molecule has 0 heterocycles. The second-order valence-corrected chi connectivity index (χ2v) is 6.22. The summed E-state index contributed by atoms with van der Waals surface area (Å²) in [6.07, 6.45) is 1.20. The van der Waals surface area contributed by atoms with Crippen LogP contribution in [0, 0.1) is 0 Å². The quantitative estimate of drug-likeness (QED) is 0.462. The molecule has 0 aliphatic heterocycles. The third-order valence-electron chi connectivity index (χ3n) is 4.20. The number of ether oxygens (including phenoxy) is 4. The van der Waals surface area contributed by atoms with E-state index < -0.39 is 12.5 Å². The highest BCUT2D eigenvalue weighted by Crippen LogP contribution is 2.38. The minimum Gasteiger partial charge on any atom is -0.493 e. The molecule has 0 bridgehead atoms. The van der Waals surface area contributed by atoms with E-state index >= 15 is 0 Å². The first-order valence-corrected chi connectivity index (χ1v) is 9.05. The van der Waals surface area contributed by atoms with Gasteiger partial charge in [-0.15, -0.1) is 0 Å². The topological polar surface area (TPSA) is 78.4 Å². The van der Waals surface area contributed by atoms with E-state index in [9.17, 15) is 13.6 Å². The van der Waals surface area contributed by atoms with Crippen molar-refractivity contribution in [1.29, 1.82) is 0 Å². The van der Waals surface area contributed by atoms with Gasteiger partial charge >= 0.3 is 6.61 Å². The Bertz CT molecular complexity index is 860. The van der Waals surface area contributed by atoms with E-state index in [1.54, 1.807) is 19.1 Å². The van der Waals surface area contributed by atoms with E-state index in [0.29, 0.717) is 41.4 Å². The van der Waals surface area contributed by atoms with Gasteiger partial charge in [-0.3, -0.25) is 4.79 Å². The molecule has 1 amide bonds. The van der Waals surface area contributed by atoms with Crippen LogP contribution in [0.2, 0.25) is 0 Å². The number of carbonyl (C=O) groups excluding carboxylic acids is 1. The molecule has 0 aliphatic rings. The molecule has 0 atom stereocenters. The Balaban J connectivity index is 1.97. The maximum Gasteiger partial charge on any atom is 0.387 e. The lowest BCUT2D eigenvalue weighted by atomic mass is 10.1. The fourth-order valence-corrected chi connectivity index (χ4v) is 2.64. The largest absolute Gasteiger partial charge is 0.493 e. The molecule has 2 rings (SSSR count). The average molecular weight is 422 g/mol. The summed E-state index contributed by atoms with van der Waals surface area (Å²) in [5.41, 5.74) is 4.43. The highest BCUT2D eigenvalue weighted by molar-refractivity contribution is 5.96. The molecule has 0 spiro atoms. The molecule has 0 aliphatic carbocycles. The first-order chi connectivity index (χ1) is 14.4. The number of nitrogens with one attached hydrogen (secondary N) is 1. The van der Waals surface area contributed by atoms with E-state index in [2.05, 4.69) is 15.3 Å². The van der Waals surface area contributed by atoms with Crippen LogP contribution in [0.25, 0.3) is 0 Å². The van der Waals surface area contributed by atoms with Gasteiger partial charge in [0.1, 0.15) is 5.75 Å². The number of hydrogen-bond donors (Lipinski definition) is 1. The molecule has 0 fully saturated rings. The van der Waals surface area contributed by atoms with Crippen molar-refractivity contribution in [1.82, 2.24) is 5.43 Å². The van der Waals surface area contributed by atoms with E-state index in [-0.39, 0.29) is 5.75 Å². The molecule has 0 aromatic heterocycles. The highest BCUT2D eigenvalue weighted by atomic mass is 19.3. The second kappa shape index (κ2) is 11.0. The first kappa shape index (κ1) is 22.9. The lowest BCUT2D eigenvalue weighted by Crippen LogP contribution is -2.19. The number of nitrogens with zero attached hydrogens (tertiary/aromatic N) is 1. The first-order valence-electron chi connectivity index (χ1n) is 9.05. The Labute approximate surface area is 173 Å². The number of alkyl halides is 2. The van der Waals surface area contributed by atoms with Crippen LogP contribution >= 0.6 is 0 Å². The summed E-state index contributed by atoms with van der Waals surface area (Å²) >= 11 is 0. The van der Waals surface area contributed by atoms with Gasteiger partial charge in [0.05, 0.1) is 21.3 Å². The molecule has 0 unspecified atom stereocenters. The standard InChI is InChI=1S/C21H24F2N2O5/c1-13(5-6-14-7-9-16(10-8-14)30-21(22)23)24-25-20(26)15-11-17(27-2)19(29-4)18(12-15)28-3/h7-12,21H,5-6H2,1-4H3,(H,25,26)/b24-13-. The number of amides is 1. The van der Waals surface area contributed by atoms with Gasteiger partial charge in [-0.1, -0.05) is 12.1 Å². The third kappa shape index (κ3) is 6.33. The van der Waals surface area contributed by atoms with Crippen molar-refractivity contribution in [2.45, 2.75) is 26.4 Å². The van der Waals surface area contributed by atoms with Crippen molar-refractivity contribution in [3.05, 3.63) is 47.5 Å². The fraction of sp³-hybridized carbons (Fsp3) is 0.333. The van der Waals surface area contributed by atoms with Crippen LogP contribution in [0.1, 0.15) is 29.3 Å². The van der Waals surface area contributed by atoms with Crippen molar-refractivity contribution < 1.29 is 32.5 Å². The number of hydrogen-bond acceptors (Lipinski definition) is 6. The molecule has 2 aromatic rings. The summed E-state index contributed by atoms with van der Waals surface area (Å²) < 4.78 is 44.4. The molecule has 0 radical (unpaired) electrons. The average Bonchev–Trinajstić information content (AvgIpc) is 2.75. The number of halogens is 2. The second-order valence-electron chi connectivity index (χ2n) is 6.22. The predicted octanol–water partition coefficient (Wildman–Crippen LogP) is 4.05. The van der Waals surface area contributed by atoms with Gasteiger partial charge in [0.2, 0.25) is 5.75 Å². The van der Waals surface area contributed by atoms with Crippen LogP contribution in [0.5, 0.6) is 23.0 Å². The number of carbonyl (C=O) groups is 1. The van der Waals surface area contributed by atoms with E-state index in [0.717, 1.165) is 5.56 Å². The van der Waals surface area contributed by atoms with Crippen LogP contribution in [0.4, 0.5) is 8.78 Å². The lowest BCUT2D eigenvalue weighted by molar-refractivity contribution is -0.0498. The lowest BCUT2D eigenvalue weighted by Gasteiger charge is -2.13. The molecular formula is C21H24F2N2O5. The summed E-state index contributed by atoms with van der Waals surface area (Å²) in [5.74, 6) is 0.795. The Morgan fingerprint density at radius 2 is 1.63 bits per heavy atom. The van der Waals surface area contributed by atoms with Crippen LogP contribution in [0.15, 0.2) is 41.5 Å². The number of hydrazone groups is 1. The monoisotopic (exact) mass is 422 g/mol. The Morgan fingerprint density at radius 1 is 1.03 bits per heavy atom. The summed E-state index contributed by atoms with van der Waals surface area (Å²) in [6.45, 7) is -1.07. The van der Waals surface area contributed by atoms with Gasteiger partial charge in [-0.2, -0.15) is 13.9 Å². The molecule has 162 valence electrons. The van der Waals surface area contributed by atoms with Gasteiger partial charge in [-0.25, -0.2) is 5.43 Å². The maximum absolute atomic E-state index is 12.4. The van der Waals surface area contributed by atoms with Crippen LogP contribution < -0.4 is 24.4 Å². The van der Waals surface area contributed by atoms with Crippen molar-refractivity contribution in [3.8, 4) is 23.0 Å². The smallest absolute Gasteiger partial charge is 0.387 e. The molecule has 30 heavy (non-hydrogen) atoms. The Morgan fingerprint density at radius 3 is 2.13 bits per heavy atom. The van der Waals surface area contributed by atoms with Crippen molar-refractivity contribution in [2.75, 3.05) is 21.3 Å². The molecule has 9 heteroatoms. The van der Waals surface area contributed by atoms with Gasteiger partial charge in [0, 0.05) is 11.3 Å². The van der Waals surface area contributed by atoms with Crippen molar-refractivity contribution in [3.63, 3.8) is 0 Å². The number of rotatable bonds is 10. The van der Waals surface area contributed by atoms with Crippen molar-refractivity contribution >= 4 is 11.6 Å². The van der Waals surface area contributed by atoms with E-state index in [1.807, 2.05) is 0 Å². The zero-order valence-electron chi connectivity index (χ0n) is 17.2.